The van der Waals surface area contributed by atoms with E-state index in [1.165, 1.54) is 16.5 Å². The second kappa shape index (κ2) is 7.40. The van der Waals surface area contributed by atoms with Crippen LogP contribution < -0.4 is 0 Å². The van der Waals surface area contributed by atoms with Crippen molar-refractivity contribution in [3.63, 3.8) is 0 Å². The van der Waals surface area contributed by atoms with Crippen LogP contribution in [0.5, 0.6) is 0 Å². The summed E-state index contributed by atoms with van der Waals surface area (Å²) < 4.78 is 18.7. The molecule has 2 aromatic heterocycles. The molecule has 1 aliphatic rings. The van der Waals surface area contributed by atoms with Gasteiger partial charge in [-0.15, -0.1) is 0 Å². The number of aromatic nitrogens is 3. The number of hydrogen-bond acceptors (Lipinski definition) is 2. The Morgan fingerprint density at radius 2 is 1.97 bits per heavy atom. The molecule has 2 aromatic carbocycles. The predicted molar refractivity (Wildman–Crippen MR) is 117 cm³/mol. The first-order valence-electron chi connectivity index (χ1n) is 10.6. The highest BCUT2D eigenvalue weighted by atomic mass is 19.1. The number of aliphatic hydroxyl groups excluding tert-OH is 1. The quantitative estimate of drug-likeness (QED) is 0.505. The van der Waals surface area contributed by atoms with Gasteiger partial charge >= 0.3 is 0 Å². The van der Waals surface area contributed by atoms with Crippen LogP contribution in [-0.2, 0) is 6.42 Å². The van der Waals surface area contributed by atoms with Crippen molar-refractivity contribution in [2.75, 3.05) is 0 Å². The summed E-state index contributed by atoms with van der Waals surface area (Å²) in [6.07, 6.45) is 11.0. The van der Waals surface area contributed by atoms with Crippen molar-refractivity contribution in [2.24, 2.45) is 0 Å². The predicted octanol–water partition coefficient (Wildman–Crippen LogP) is 5.26. The molecule has 2 heterocycles. The number of rotatable bonds is 4. The lowest BCUT2D eigenvalue weighted by molar-refractivity contribution is 0.137. The molecule has 5 rings (SSSR count). The zero-order valence-corrected chi connectivity index (χ0v) is 17.3. The van der Waals surface area contributed by atoms with Crippen LogP contribution in [0.2, 0.25) is 0 Å². The number of aryl methyl sites for hydroxylation is 1. The highest BCUT2D eigenvalue weighted by Gasteiger charge is 2.27. The lowest BCUT2D eigenvalue weighted by atomic mass is 9.94. The van der Waals surface area contributed by atoms with E-state index in [-0.39, 0.29) is 18.0 Å². The summed E-state index contributed by atoms with van der Waals surface area (Å²) >= 11 is 0. The van der Waals surface area contributed by atoms with Gasteiger partial charge in [-0.3, -0.25) is 0 Å². The normalized spacial score (nSPS) is 19.1. The van der Waals surface area contributed by atoms with Gasteiger partial charge < -0.3 is 9.67 Å². The third-order valence-electron chi connectivity index (χ3n) is 6.67. The molecule has 0 aliphatic heterocycles. The average molecular weight is 404 g/mol. The van der Waals surface area contributed by atoms with Gasteiger partial charge in [-0.05, 0) is 85.0 Å². The molecule has 0 spiro atoms. The van der Waals surface area contributed by atoms with Crippen LogP contribution in [0.25, 0.3) is 16.5 Å². The van der Waals surface area contributed by atoms with Gasteiger partial charge in [-0.25, -0.2) is 9.07 Å². The standard InChI is InChI=1S/C25H26FN3O/c1-16-17(2)22-15-28(24-5-3-6-25(24)30)14-20(22)12-19(16)11-18-7-8-21(13-23(18)26)29-10-4-9-27-29/h4,7-10,12-15,24-25,30H,3,5-6,11H2,1-2H3/t24-,25-/m0/s1. The van der Waals surface area contributed by atoms with Crippen molar-refractivity contribution in [2.45, 2.75) is 51.7 Å². The van der Waals surface area contributed by atoms with Crippen molar-refractivity contribution in [1.29, 1.82) is 0 Å². The molecule has 5 heteroatoms. The fourth-order valence-corrected chi connectivity index (χ4v) is 4.75. The minimum absolute atomic E-state index is 0.160. The van der Waals surface area contributed by atoms with E-state index in [2.05, 4.69) is 42.0 Å². The van der Waals surface area contributed by atoms with Crippen LogP contribution in [-0.4, -0.2) is 25.6 Å². The molecule has 154 valence electrons. The molecule has 1 fully saturated rings. The molecule has 0 unspecified atom stereocenters. The van der Waals surface area contributed by atoms with Crippen molar-refractivity contribution in [3.8, 4) is 5.69 Å². The van der Waals surface area contributed by atoms with Crippen LogP contribution in [0.15, 0.2) is 55.1 Å². The van der Waals surface area contributed by atoms with E-state index in [1.54, 1.807) is 16.9 Å². The third kappa shape index (κ3) is 3.23. The van der Waals surface area contributed by atoms with Crippen molar-refractivity contribution in [1.82, 2.24) is 14.3 Å². The molecule has 1 saturated carbocycles. The van der Waals surface area contributed by atoms with E-state index in [4.69, 9.17) is 0 Å². The second-order valence-electron chi connectivity index (χ2n) is 8.46. The van der Waals surface area contributed by atoms with Crippen molar-refractivity contribution in [3.05, 3.63) is 83.2 Å². The molecule has 0 saturated heterocycles. The summed E-state index contributed by atoms with van der Waals surface area (Å²) in [6, 6.07) is 9.46. The summed E-state index contributed by atoms with van der Waals surface area (Å²) in [7, 11) is 0. The Kier molecular flexibility index (Phi) is 4.70. The summed E-state index contributed by atoms with van der Waals surface area (Å²) in [5, 5.41) is 16.8. The van der Waals surface area contributed by atoms with E-state index in [9.17, 15) is 9.50 Å². The SMILES string of the molecule is Cc1c(Cc2ccc(-n3cccn3)cc2F)cc2cn([C@H]3CCC[C@@H]3O)cc2c1C. The monoisotopic (exact) mass is 403 g/mol. The van der Waals surface area contributed by atoms with E-state index in [0.717, 1.165) is 35.9 Å². The zero-order valence-electron chi connectivity index (χ0n) is 17.3. The Hall–Kier alpha value is -2.92. The first-order valence-corrected chi connectivity index (χ1v) is 10.6. The lowest BCUT2D eigenvalue weighted by Gasteiger charge is -2.16. The fourth-order valence-electron chi connectivity index (χ4n) is 4.75. The Bertz CT molecular complexity index is 1210. The van der Waals surface area contributed by atoms with E-state index < -0.39 is 0 Å². The number of aliphatic hydroxyl groups is 1. The van der Waals surface area contributed by atoms with E-state index >= 15 is 0 Å². The molecule has 4 aromatic rings. The van der Waals surface area contributed by atoms with Crippen LogP contribution in [0.1, 0.15) is 47.6 Å². The summed E-state index contributed by atoms with van der Waals surface area (Å²) in [4.78, 5) is 0. The molecule has 1 aliphatic carbocycles. The van der Waals surface area contributed by atoms with Gasteiger partial charge in [0.15, 0.2) is 0 Å². The highest BCUT2D eigenvalue weighted by molar-refractivity contribution is 5.87. The first-order chi connectivity index (χ1) is 14.5. The Morgan fingerprint density at radius 3 is 2.67 bits per heavy atom. The smallest absolute Gasteiger partial charge is 0.128 e. The summed E-state index contributed by atoms with van der Waals surface area (Å²) in [5.41, 5.74) is 4.95. The Labute approximate surface area is 175 Å². The van der Waals surface area contributed by atoms with Gasteiger partial charge in [0, 0.05) is 36.6 Å². The maximum absolute atomic E-state index is 14.9. The van der Waals surface area contributed by atoms with Gasteiger partial charge in [0.2, 0.25) is 0 Å². The number of nitrogens with zero attached hydrogens (tertiary/aromatic N) is 3. The fraction of sp³-hybridized carbons (Fsp3) is 0.320. The number of fused-ring (bicyclic) bond motifs is 1. The summed E-state index contributed by atoms with van der Waals surface area (Å²) in [6.45, 7) is 4.25. The molecule has 4 nitrogen and oxygen atoms in total. The minimum atomic E-state index is -0.268. The second-order valence-corrected chi connectivity index (χ2v) is 8.46. The van der Waals surface area contributed by atoms with Crippen LogP contribution in [0.4, 0.5) is 4.39 Å². The van der Waals surface area contributed by atoms with Gasteiger partial charge in [0.1, 0.15) is 5.82 Å². The zero-order chi connectivity index (χ0) is 20.8. The average Bonchev–Trinajstić information content (AvgIpc) is 3.47. The minimum Gasteiger partial charge on any atom is -0.391 e. The lowest BCUT2D eigenvalue weighted by Crippen LogP contribution is -2.16. The third-order valence-corrected chi connectivity index (χ3v) is 6.67. The summed E-state index contributed by atoms with van der Waals surface area (Å²) in [5.74, 6) is -0.216. The largest absolute Gasteiger partial charge is 0.391 e. The molecular formula is C25H26FN3O. The first kappa shape index (κ1) is 19.1. The van der Waals surface area contributed by atoms with Gasteiger partial charge in [-0.2, -0.15) is 5.10 Å². The van der Waals surface area contributed by atoms with Crippen LogP contribution in [0.3, 0.4) is 0 Å². The maximum atomic E-state index is 14.9. The van der Waals surface area contributed by atoms with Crippen molar-refractivity contribution >= 4 is 10.8 Å². The van der Waals surface area contributed by atoms with Gasteiger partial charge in [0.25, 0.3) is 0 Å². The number of benzene rings is 2. The molecule has 0 amide bonds. The van der Waals surface area contributed by atoms with E-state index in [1.807, 2.05) is 24.4 Å². The van der Waals surface area contributed by atoms with Crippen LogP contribution >= 0.6 is 0 Å². The van der Waals surface area contributed by atoms with Gasteiger partial charge in [-0.1, -0.05) is 6.07 Å². The molecule has 0 radical (unpaired) electrons. The maximum Gasteiger partial charge on any atom is 0.128 e. The van der Waals surface area contributed by atoms with E-state index in [0.29, 0.717) is 12.0 Å². The van der Waals surface area contributed by atoms with Crippen LogP contribution in [0, 0.1) is 19.7 Å². The molecule has 0 bridgehead atoms. The van der Waals surface area contributed by atoms with Gasteiger partial charge in [0.05, 0.1) is 17.8 Å². The highest BCUT2D eigenvalue weighted by Crippen LogP contribution is 2.34. The molecule has 30 heavy (non-hydrogen) atoms. The molecular weight excluding hydrogens is 377 g/mol. The molecule has 2 atom stereocenters. The topological polar surface area (TPSA) is 43.0 Å². The Morgan fingerprint density at radius 1 is 1.10 bits per heavy atom. The number of halogens is 1. The molecule has 1 N–H and O–H groups in total. The van der Waals surface area contributed by atoms with Crippen molar-refractivity contribution < 1.29 is 9.50 Å². The number of hydrogen-bond donors (Lipinski definition) is 1. The Balaban J connectivity index is 1.49.